The minimum atomic E-state index is -0.323. The van der Waals surface area contributed by atoms with E-state index in [0.29, 0.717) is 30.5 Å². The second kappa shape index (κ2) is 11.2. The van der Waals surface area contributed by atoms with Crippen LogP contribution in [0.15, 0.2) is 24.3 Å². The van der Waals surface area contributed by atoms with Crippen LogP contribution in [-0.2, 0) is 14.3 Å². The summed E-state index contributed by atoms with van der Waals surface area (Å²) in [4.78, 5) is 25.6. The van der Waals surface area contributed by atoms with Crippen LogP contribution in [-0.4, -0.2) is 51.2 Å². The molecule has 1 amide bonds. The minimum absolute atomic E-state index is 0.135. The van der Waals surface area contributed by atoms with Gasteiger partial charge in [-0.3, -0.25) is 9.59 Å². The molecule has 0 saturated carbocycles. The number of carbonyl (C=O) groups is 2. The van der Waals surface area contributed by atoms with Gasteiger partial charge in [0.2, 0.25) is 5.91 Å². The van der Waals surface area contributed by atoms with Crippen molar-refractivity contribution in [2.75, 3.05) is 34.4 Å². The van der Waals surface area contributed by atoms with Crippen molar-refractivity contribution < 1.29 is 23.8 Å². The Bertz CT molecular complexity index is 625. The quantitative estimate of drug-likeness (QED) is 0.472. The highest BCUT2D eigenvalue weighted by Gasteiger charge is 2.13. The van der Waals surface area contributed by atoms with E-state index in [1.54, 1.807) is 37.3 Å². The molecule has 6 nitrogen and oxygen atoms in total. The normalized spacial score (nSPS) is 10.8. The molecule has 144 valence electrons. The number of hydrogen-bond donors (Lipinski definition) is 0. The number of methoxy groups -OCH3 is 3. The number of esters is 1. The maximum absolute atomic E-state index is 12.5. The summed E-state index contributed by atoms with van der Waals surface area (Å²) in [5.41, 5.74) is 0.827. The van der Waals surface area contributed by atoms with E-state index in [-0.39, 0.29) is 18.3 Å². The van der Waals surface area contributed by atoms with Crippen molar-refractivity contribution in [1.29, 1.82) is 0 Å². The van der Waals surface area contributed by atoms with Gasteiger partial charge in [0.05, 0.1) is 27.8 Å². The summed E-state index contributed by atoms with van der Waals surface area (Å²) in [7, 11) is 4.49. The van der Waals surface area contributed by atoms with Gasteiger partial charge in [0, 0.05) is 19.2 Å². The van der Waals surface area contributed by atoms with Gasteiger partial charge in [0.15, 0.2) is 11.5 Å². The Labute approximate surface area is 155 Å². The van der Waals surface area contributed by atoms with E-state index in [1.807, 2.05) is 6.07 Å². The first-order valence-electron chi connectivity index (χ1n) is 8.67. The van der Waals surface area contributed by atoms with E-state index in [0.717, 1.165) is 12.0 Å². The van der Waals surface area contributed by atoms with Crippen molar-refractivity contribution in [1.82, 2.24) is 4.90 Å². The summed E-state index contributed by atoms with van der Waals surface area (Å²) < 4.78 is 15.1. The molecule has 26 heavy (non-hydrogen) atoms. The number of ether oxygens (including phenoxy) is 3. The Hall–Kier alpha value is -2.50. The molecule has 0 spiro atoms. The maximum atomic E-state index is 12.5. The second-order valence-corrected chi connectivity index (χ2v) is 6.28. The summed E-state index contributed by atoms with van der Waals surface area (Å²) in [6.07, 6.45) is 4.30. The maximum Gasteiger partial charge on any atom is 0.307 e. The highest BCUT2D eigenvalue weighted by Crippen LogP contribution is 2.28. The molecule has 1 rings (SSSR count). The Morgan fingerprint density at radius 3 is 2.35 bits per heavy atom. The summed E-state index contributed by atoms with van der Waals surface area (Å²) in [6, 6.07) is 5.43. The van der Waals surface area contributed by atoms with Gasteiger partial charge in [-0.25, -0.2) is 0 Å². The fourth-order valence-electron chi connectivity index (χ4n) is 2.30. The van der Waals surface area contributed by atoms with Crippen LogP contribution in [0, 0.1) is 5.92 Å². The van der Waals surface area contributed by atoms with Gasteiger partial charge in [-0.05, 0) is 36.1 Å². The number of amides is 1. The van der Waals surface area contributed by atoms with Crippen molar-refractivity contribution in [3.05, 3.63) is 29.8 Å². The molecule has 0 heterocycles. The van der Waals surface area contributed by atoms with Crippen LogP contribution in [0.3, 0.4) is 0 Å². The summed E-state index contributed by atoms with van der Waals surface area (Å²) in [6.45, 7) is 5.14. The van der Waals surface area contributed by atoms with Crippen LogP contribution in [0.4, 0.5) is 0 Å². The third-order valence-corrected chi connectivity index (χ3v) is 3.93. The Morgan fingerprint density at radius 2 is 1.77 bits per heavy atom. The van der Waals surface area contributed by atoms with Gasteiger partial charge < -0.3 is 19.1 Å². The largest absolute Gasteiger partial charge is 0.493 e. The molecule has 0 aliphatic heterocycles. The number of carbonyl (C=O) groups excluding carboxylic acids is 2. The molecule has 1 aromatic carbocycles. The average molecular weight is 363 g/mol. The van der Waals surface area contributed by atoms with E-state index in [4.69, 9.17) is 9.47 Å². The van der Waals surface area contributed by atoms with Crippen LogP contribution in [0.25, 0.3) is 6.08 Å². The third-order valence-electron chi connectivity index (χ3n) is 3.93. The zero-order valence-corrected chi connectivity index (χ0v) is 16.3. The fourth-order valence-corrected chi connectivity index (χ4v) is 2.30. The van der Waals surface area contributed by atoms with Crippen LogP contribution >= 0.6 is 0 Å². The molecule has 0 N–H and O–H groups in total. The van der Waals surface area contributed by atoms with Crippen molar-refractivity contribution in [3.8, 4) is 11.5 Å². The van der Waals surface area contributed by atoms with Crippen LogP contribution in [0.2, 0.25) is 0 Å². The Balaban J connectivity index is 2.82. The van der Waals surface area contributed by atoms with Crippen molar-refractivity contribution in [2.24, 2.45) is 5.92 Å². The lowest BCUT2D eigenvalue weighted by molar-refractivity contribution is -0.141. The molecular weight excluding hydrogens is 334 g/mol. The molecule has 0 aromatic heterocycles. The molecule has 0 bridgehead atoms. The number of hydrogen-bond acceptors (Lipinski definition) is 5. The molecular formula is C20H29NO5. The molecule has 0 aliphatic rings. The van der Waals surface area contributed by atoms with E-state index in [2.05, 4.69) is 18.6 Å². The first-order chi connectivity index (χ1) is 12.4. The highest BCUT2D eigenvalue weighted by atomic mass is 16.5. The number of rotatable bonds is 10. The average Bonchev–Trinajstić information content (AvgIpc) is 2.65. The molecule has 0 radical (unpaired) electrons. The predicted molar refractivity (Wildman–Crippen MR) is 101 cm³/mol. The molecule has 0 saturated heterocycles. The van der Waals surface area contributed by atoms with Gasteiger partial charge in [0.25, 0.3) is 0 Å². The zero-order chi connectivity index (χ0) is 19.5. The molecule has 0 unspecified atom stereocenters. The van der Waals surface area contributed by atoms with Gasteiger partial charge in [-0.15, -0.1) is 0 Å². The fraction of sp³-hybridized carbons (Fsp3) is 0.500. The molecule has 1 aromatic rings. The van der Waals surface area contributed by atoms with Gasteiger partial charge in [0.1, 0.15) is 0 Å². The first kappa shape index (κ1) is 21.5. The van der Waals surface area contributed by atoms with Crippen molar-refractivity contribution in [3.63, 3.8) is 0 Å². The molecule has 0 atom stereocenters. The summed E-state index contributed by atoms with van der Waals surface area (Å²) in [5.74, 6) is 1.25. The monoisotopic (exact) mass is 363 g/mol. The Morgan fingerprint density at radius 1 is 1.08 bits per heavy atom. The minimum Gasteiger partial charge on any atom is -0.493 e. The third kappa shape index (κ3) is 7.17. The van der Waals surface area contributed by atoms with Crippen LogP contribution < -0.4 is 9.47 Å². The number of benzene rings is 1. The van der Waals surface area contributed by atoms with E-state index in [1.165, 1.54) is 13.2 Å². The highest BCUT2D eigenvalue weighted by molar-refractivity contribution is 5.92. The lowest BCUT2D eigenvalue weighted by atomic mass is 10.1. The van der Waals surface area contributed by atoms with Crippen molar-refractivity contribution >= 4 is 18.0 Å². The topological polar surface area (TPSA) is 65.1 Å². The van der Waals surface area contributed by atoms with E-state index >= 15 is 0 Å². The van der Waals surface area contributed by atoms with Gasteiger partial charge in [-0.1, -0.05) is 19.9 Å². The first-order valence-corrected chi connectivity index (χ1v) is 8.67. The molecule has 0 fully saturated rings. The van der Waals surface area contributed by atoms with Gasteiger partial charge >= 0.3 is 5.97 Å². The molecule has 6 heteroatoms. The standard InChI is InChI=1S/C20H29NO5/c1-15(2)10-12-21(13-11-20(23)26-5)19(22)9-7-16-6-8-17(24-3)18(14-16)25-4/h6-9,14-15H,10-13H2,1-5H3/b9-7+. The lowest BCUT2D eigenvalue weighted by Crippen LogP contribution is -2.33. The van der Waals surface area contributed by atoms with E-state index < -0.39 is 0 Å². The van der Waals surface area contributed by atoms with Crippen LogP contribution in [0.5, 0.6) is 11.5 Å². The Kier molecular flexibility index (Phi) is 9.26. The van der Waals surface area contributed by atoms with Crippen LogP contribution in [0.1, 0.15) is 32.3 Å². The second-order valence-electron chi connectivity index (χ2n) is 6.28. The van der Waals surface area contributed by atoms with E-state index in [9.17, 15) is 9.59 Å². The number of nitrogens with zero attached hydrogens (tertiary/aromatic N) is 1. The SMILES string of the molecule is COC(=O)CCN(CCC(C)C)C(=O)/C=C/c1ccc(OC)c(OC)c1. The molecule has 0 aliphatic carbocycles. The summed E-state index contributed by atoms with van der Waals surface area (Å²) >= 11 is 0. The van der Waals surface area contributed by atoms with Crippen molar-refractivity contribution in [2.45, 2.75) is 26.7 Å². The van der Waals surface area contributed by atoms with Gasteiger partial charge in [-0.2, -0.15) is 0 Å². The lowest BCUT2D eigenvalue weighted by Gasteiger charge is -2.21. The summed E-state index contributed by atoms with van der Waals surface area (Å²) in [5, 5.41) is 0. The smallest absolute Gasteiger partial charge is 0.307 e. The zero-order valence-electron chi connectivity index (χ0n) is 16.3. The predicted octanol–water partition coefficient (Wildman–Crippen LogP) is 3.15.